The standard InChI is InChI=1S/C28H40N4O3/c1-18-14-25(19(2)20(3)28(18)29)35-17-27(34)31(4)22-10-12-32(13-11-22)16-26(33)30-24-15-23(24)21-8-6-5-7-9-21/h5-9,14,22-24,26,30,33H,10-13,15-17,29H2,1-4H3. The van der Waals surface area contributed by atoms with Crippen LogP contribution in [0.3, 0.4) is 0 Å². The van der Waals surface area contributed by atoms with Gasteiger partial charge in [0.2, 0.25) is 0 Å². The zero-order chi connectivity index (χ0) is 25.1. The molecule has 1 saturated carbocycles. The van der Waals surface area contributed by atoms with Crippen molar-refractivity contribution < 1.29 is 14.6 Å². The van der Waals surface area contributed by atoms with E-state index in [1.807, 2.05) is 44.9 Å². The summed E-state index contributed by atoms with van der Waals surface area (Å²) < 4.78 is 5.89. The SMILES string of the molecule is Cc1cc(OCC(=O)N(C)C2CCN(CC(O)NC3CC3c3ccccc3)CC2)c(C)c(C)c1N. The molecule has 2 aliphatic rings. The fourth-order valence-electron chi connectivity index (χ4n) is 5.14. The molecule has 2 aromatic carbocycles. The lowest BCUT2D eigenvalue weighted by Gasteiger charge is -2.37. The average Bonchev–Trinajstić information content (AvgIpc) is 3.63. The summed E-state index contributed by atoms with van der Waals surface area (Å²) in [5.74, 6) is 1.21. The number of hydrogen-bond donors (Lipinski definition) is 3. The maximum Gasteiger partial charge on any atom is 0.260 e. The molecule has 190 valence electrons. The third-order valence-corrected chi connectivity index (χ3v) is 7.81. The van der Waals surface area contributed by atoms with Crippen molar-refractivity contribution in [3.8, 4) is 5.75 Å². The van der Waals surface area contributed by atoms with Gasteiger partial charge in [-0.25, -0.2) is 0 Å². The largest absolute Gasteiger partial charge is 0.483 e. The number of aliphatic hydroxyl groups is 1. The number of β-amino-alcohol motifs (C(OH)–C–C–N with tert-alkyl or cyclic N) is 1. The number of likely N-dealkylation sites (N-methyl/N-ethyl adjacent to an activating group) is 1. The summed E-state index contributed by atoms with van der Waals surface area (Å²) in [5, 5.41) is 13.9. The van der Waals surface area contributed by atoms with Gasteiger partial charge in [0.15, 0.2) is 6.61 Å². The number of rotatable bonds is 9. The summed E-state index contributed by atoms with van der Waals surface area (Å²) in [6.07, 6.45) is 2.33. The van der Waals surface area contributed by atoms with Crippen LogP contribution in [0, 0.1) is 20.8 Å². The molecule has 3 atom stereocenters. The molecular weight excluding hydrogens is 440 g/mol. The number of nitrogens with two attached hydrogens (primary N) is 1. The number of piperidine rings is 1. The number of nitrogens with one attached hydrogen (secondary N) is 1. The van der Waals surface area contributed by atoms with Crippen molar-refractivity contribution in [1.29, 1.82) is 0 Å². The van der Waals surface area contributed by atoms with Crippen molar-refractivity contribution in [1.82, 2.24) is 15.1 Å². The van der Waals surface area contributed by atoms with E-state index in [1.165, 1.54) is 5.56 Å². The molecule has 35 heavy (non-hydrogen) atoms. The predicted molar refractivity (Wildman–Crippen MR) is 140 cm³/mol. The van der Waals surface area contributed by atoms with Gasteiger partial charge >= 0.3 is 0 Å². The number of amides is 1. The highest BCUT2D eigenvalue weighted by Crippen LogP contribution is 2.40. The number of nitrogens with zero attached hydrogens (tertiary/aromatic N) is 2. The second-order valence-electron chi connectivity index (χ2n) is 10.2. The van der Waals surface area contributed by atoms with Crippen molar-refractivity contribution in [3.63, 3.8) is 0 Å². The van der Waals surface area contributed by atoms with E-state index in [0.29, 0.717) is 18.5 Å². The average molecular weight is 481 g/mol. The summed E-state index contributed by atoms with van der Waals surface area (Å²) in [4.78, 5) is 16.9. The van der Waals surface area contributed by atoms with Crippen LogP contribution in [0.4, 0.5) is 5.69 Å². The minimum Gasteiger partial charge on any atom is -0.483 e. The summed E-state index contributed by atoms with van der Waals surface area (Å²) in [5.41, 5.74) is 11.2. The number of hydrogen-bond acceptors (Lipinski definition) is 6. The van der Waals surface area contributed by atoms with E-state index in [0.717, 1.165) is 60.5 Å². The van der Waals surface area contributed by atoms with E-state index < -0.39 is 6.23 Å². The van der Waals surface area contributed by atoms with Crippen LogP contribution in [-0.2, 0) is 4.79 Å². The number of aliphatic hydroxyl groups excluding tert-OH is 1. The van der Waals surface area contributed by atoms with Crippen LogP contribution in [0.5, 0.6) is 5.75 Å². The summed E-state index contributed by atoms with van der Waals surface area (Å²) in [6.45, 7) is 8.26. The van der Waals surface area contributed by atoms with Crippen molar-refractivity contribution in [2.24, 2.45) is 0 Å². The smallest absolute Gasteiger partial charge is 0.260 e. The molecule has 0 spiro atoms. The van der Waals surface area contributed by atoms with E-state index >= 15 is 0 Å². The van der Waals surface area contributed by atoms with E-state index in [-0.39, 0.29) is 18.6 Å². The quantitative estimate of drug-likeness (QED) is 0.378. The molecule has 7 nitrogen and oxygen atoms in total. The first kappa shape index (κ1) is 25.5. The monoisotopic (exact) mass is 480 g/mol. The zero-order valence-electron chi connectivity index (χ0n) is 21.5. The molecule has 0 aromatic heterocycles. The Morgan fingerprint density at radius 3 is 2.57 bits per heavy atom. The number of ether oxygens (including phenoxy) is 1. The lowest BCUT2D eigenvalue weighted by Crippen LogP contribution is -2.50. The second-order valence-corrected chi connectivity index (χ2v) is 10.2. The highest BCUT2D eigenvalue weighted by Gasteiger charge is 2.39. The Balaban J connectivity index is 1.18. The van der Waals surface area contributed by atoms with Gasteiger partial charge in [-0.15, -0.1) is 0 Å². The van der Waals surface area contributed by atoms with E-state index in [2.05, 4.69) is 34.5 Å². The van der Waals surface area contributed by atoms with Gasteiger partial charge in [-0.1, -0.05) is 30.3 Å². The number of likely N-dealkylation sites (tertiary alicyclic amines) is 1. The first-order valence-electron chi connectivity index (χ1n) is 12.7. The number of nitrogen functional groups attached to an aromatic ring is 1. The molecule has 1 heterocycles. The van der Waals surface area contributed by atoms with Gasteiger partial charge < -0.3 is 20.5 Å². The third kappa shape index (κ3) is 6.15. The molecule has 4 rings (SSSR count). The molecule has 0 bridgehead atoms. The Hall–Kier alpha value is -2.61. The Morgan fingerprint density at radius 1 is 1.20 bits per heavy atom. The molecule has 7 heteroatoms. The van der Waals surface area contributed by atoms with E-state index in [9.17, 15) is 9.90 Å². The fraction of sp³-hybridized carbons (Fsp3) is 0.536. The molecule has 0 radical (unpaired) electrons. The topological polar surface area (TPSA) is 91.1 Å². The summed E-state index contributed by atoms with van der Waals surface area (Å²) in [7, 11) is 1.87. The predicted octanol–water partition coefficient (Wildman–Crippen LogP) is 2.96. The minimum atomic E-state index is -0.534. The molecule has 2 fully saturated rings. The van der Waals surface area contributed by atoms with Gasteiger partial charge in [-0.3, -0.25) is 15.0 Å². The first-order chi connectivity index (χ1) is 16.7. The maximum atomic E-state index is 12.8. The molecule has 3 unspecified atom stereocenters. The van der Waals surface area contributed by atoms with E-state index in [4.69, 9.17) is 10.5 Å². The number of benzene rings is 2. The Kier molecular flexibility index (Phi) is 7.99. The zero-order valence-corrected chi connectivity index (χ0v) is 21.5. The van der Waals surface area contributed by atoms with Crippen LogP contribution < -0.4 is 15.8 Å². The summed E-state index contributed by atoms with van der Waals surface area (Å²) >= 11 is 0. The van der Waals surface area contributed by atoms with Crippen LogP contribution >= 0.6 is 0 Å². The van der Waals surface area contributed by atoms with Crippen LogP contribution in [0.15, 0.2) is 36.4 Å². The molecule has 2 aromatic rings. The summed E-state index contributed by atoms with van der Waals surface area (Å²) in [6, 6.07) is 12.9. The molecule has 4 N–H and O–H groups in total. The Morgan fingerprint density at radius 2 is 1.89 bits per heavy atom. The molecule has 1 saturated heterocycles. The van der Waals surface area contributed by atoms with Crippen LogP contribution in [0.1, 0.15) is 47.4 Å². The van der Waals surface area contributed by atoms with Gasteiger partial charge in [0, 0.05) is 50.4 Å². The number of aryl methyl sites for hydroxylation is 1. The first-order valence-corrected chi connectivity index (χ1v) is 12.7. The Bertz CT molecular complexity index is 1020. The number of anilines is 1. The van der Waals surface area contributed by atoms with Gasteiger partial charge in [0.05, 0.1) is 0 Å². The highest BCUT2D eigenvalue weighted by atomic mass is 16.5. The van der Waals surface area contributed by atoms with Crippen LogP contribution in [0.2, 0.25) is 0 Å². The van der Waals surface area contributed by atoms with E-state index in [1.54, 1.807) is 0 Å². The maximum absolute atomic E-state index is 12.8. The van der Waals surface area contributed by atoms with Gasteiger partial charge in [0.25, 0.3) is 5.91 Å². The lowest BCUT2D eigenvalue weighted by atomic mass is 10.0. The van der Waals surface area contributed by atoms with Crippen molar-refractivity contribution in [3.05, 3.63) is 58.7 Å². The number of carbonyl (C=O) groups is 1. The molecular formula is C28H40N4O3. The van der Waals surface area contributed by atoms with Crippen molar-refractivity contribution >= 4 is 11.6 Å². The molecule has 1 aliphatic heterocycles. The second kappa shape index (κ2) is 11.0. The highest BCUT2D eigenvalue weighted by molar-refractivity contribution is 5.78. The number of carbonyl (C=O) groups excluding carboxylic acids is 1. The van der Waals surface area contributed by atoms with Crippen LogP contribution in [-0.4, -0.2) is 72.4 Å². The van der Waals surface area contributed by atoms with Crippen LogP contribution in [0.25, 0.3) is 0 Å². The van der Waals surface area contributed by atoms with Crippen molar-refractivity contribution in [2.75, 3.05) is 39.0 Å². The lowest BCUT2D eigenvalue weighted by molar-refractivity contribution is -0.135. The van der Waals surface area contributed by atoms with Gasteiger partial charge in [0.1, 0.15) is 12.0 Å². The van der Waals surface area contributed by atoms with Gasteiger partial charge in [-0.2, -0.15) is 0 Å². The molecule has 1 aliphatic carbocycles. The molecule has 1 amide bonds. The fourth-order valence-corrected chi connectivity index (χ4v) is 5.14. The minimum absolute atomic E-state index is 0.0163. The van der Waals surface area contributed by atoms with Crippen molar-refractivity contribution in [2.45, 2.75) is 64.3 Å². The third-order valence-electron chi connectivity index (χ3n) is 7.81. The van der Waals surface area contributed by atoms with Gasteiger partial charge in [-0.05, 0) is 68.4 Å². The Labute approximate surface area is 209 Å². The normalized spacial score (nSPS) is 21.5.